The van der Waals surface area contributed by atoms with Crippen LogP contribution in [0.4, 0.5) is 13.2 Å². The van der Waals surface area contributed by atoms with Crippen LogP contribution in [0.3, 0.4) is 0 Å². The van der Waals surface area contributed by atoms with Crippen molar-refractivity contribution in [3.63, 3.8) is 0 Å². The van der Waals surface area contributed by atoms with E-state index in [9.17, 15) is 13.2 Å². The van der Waals surface area contributed by atoms with Crippen LogP contribution in [0.1, 0.15) is 0 Å². The number of ether oxygens (including phenoxy) is 1. The van der Waals surface area contributed by atoms with Crippen LogP contribution in [0.15, 0.2) is 29.6 Å². The Morgan fingerprint density at radius 3 is 2.29 bits per heavy atom. The van der Waals surface area contributed by atoms with Crippen LogP contribution in [-0.4, -0.2) is 11.3 Å². The maximum Gasteiger partial charge on any atom is 0.573 e. The largest absolute Gasteiger partial charge is 0.573 e. The number of benzene rings is 1. The second-order valence-electron chi connectivity index (χ2n) is 3.13. The summed E-state index contributed by atoms with van der Waals surface area (Å²) in [6.07, 6.45) is -4.66. The number of hydrogen-bond acceptors (Lipinski definition) is 3. The number of H-pyrrole nitrogens is 1. The van der Waals surface area contributed by atoms with E-state index in [4.69, 9.17) is 12.2 Å². The van der Waals surface area contributed by atoms with Gasteiger partial charge in [0.25, 0.3) is 0 Å². The van der Waals surface area contributed by atoms with Gasteiger partial charge in [-0.3, -0.25) is 0 Å². The van der Waals surface area contributed by atoms with Gasteiger partial charge in [0.15, 0.2) is 3.95 Å². The molecule has 0 atom stereocenters. The van der Waals surface area contributed by atoms with Gasteiger partial charge < -0.3 is 9.72 Å². The Morgan fingerprint density at radius 2 is 1.82 bits per heavy atom. The van der Waals surface area contributed by atoms with E-state index in [2.05, 4.69) is 9.72 Å². The van der Waals surface area contributed by atoms with Gasteiger partial charge in [-0.2, -0.15) is 0 Å². The average molecular weight is 277 g/mol. The van der Waals surface area contributed by atoms with Gasteiger partial charge in [-0.05, 0) is 42.0 Å². The maximum atomic E-state index is 11.9. The molecule has 2 rings (SSSR count). The lowest BCUT2D eigenvalue weighted by molar-refractivity contribution is -0.274. The highest BCUT2D eigenvalue weighted by Gasteiger charge is 2.30. The lowest BCUT2D eigenvalue weighted by atomic mass is 10.2. The van der Waals surface area contributed by atoms with Crippen LogP contribution in [0.5, 0.6) is 5.75 Å². The summed E-state index contributed by atoms with van der Waals surface area (Å²) in [5, 5.41) is 1.81. The van der Waals surface area contributed by atoms with E-state index in [1.165, 1.54) is 35.6 Å². The minimum absolute atomic E-state index is 0.241. The van der Waals surface area contributed by atoms with Crippen LogP contribution >= 0.6 is 23.6 Å². The summed E-state index contributed by atoms with van der Waals surface area (Å²) >= 11 is 6.28. The number of halogens is 3. The van der Waals surface area contributed by atoms with Gasteiger partial charge in [-0.15, -0.1) is 24.5 Å². The standard InChI is InChI=1S/C10H6F3NOS2/c11-10(12,13)15-7-3-1-6(2-4-7)8-5-17-9(16)14-8/h1-5H,(H,14,16). The summed E-state index contributed by atoms with van der Waals surface area (Å²) in [5.41, 5.74) is 1.53. The first-order valence-electron chi connectivity index (χ1n) is 4.48. The zero-order valence-corrected chi connectivity index (χ0v) is 9.88. The van der Waals surface area contributed by atoms with Crippen molar-refractivity contribution in [3.8, 4) is 17.0 Å². The Hall–Kier alpha value is -1.34. The molecule has 0 aliphatic carbocycles. The van der Waals surface area contributed by atoms with E-state index < -0.39 is 6.36 Å². The summed E-state index contributed by atoms with van der Waals surface area (Å²) in [6.45, 7) is 0. The van der Waals surface area contributed by atoms with Gasteiger partial charge in [0, 0.05) is 5.38 Å². The minimum Gasteiger partial charge on any atom is -0.406 e. The molecule has 90 valence electrons. The zero-order valence-electron chi connectivity index (χ0n) is 8.25. The topological polar surface area (TPSA) is 25.0 Å². The smallest absolute Gasteiger partial charge is 0.406 e. The van der Waals surface area contributed by atoms with Crippen LogP contribution in [0, 0.1) is 3.95 Å². The van der Waals surface area contributed by atoms with Gasteiger partial charge >= 0.3 is 6.36 Å². The molecule has 0 aliphatic heterocycles. The lowest BCUT2D eigenvalue weighted by Crippen LogP contribution is -2.16. The van der Waals surface area contributed by atoms with E-state index in [-0.39, 0.29) is 5.75 Å². The fourth-order valence-corrected chi connectivity index (χ4v) is 2.10. The fourth-order valence-electron chi connectivity index (χ4n) is 1.26. The second-order valence-corrected chi connectivity index (χ2v) is 4.68. The van der Waals surface area contributed by atoms with Crippen molar-refractivity contribution in [2.24, 2.45) is 0 Å². The van der Waals surface area contributed by atoms with Crippen molar-refractivity contribution in [3.05, 3.63) is 33.6 Å². The molecule has 1 aromatic heterocycles. The molecule has 2 nitrogen and oxygen atoms in total. The lowest BCUT2D eigenvalue weighted by Gasteiger charge is -2.08. The fraction of sp³-hybridized carbons (Fsp3) is 0.100. The third-order valence-corrected chi connectivity index (χ3v) is 2.98. The first-order chi connectivity index (χ1) is 7.94. The van der Waals surface area contributed by atoms with Crippen molar-refractivity contribution in [1.82, 2.24) is 4.98 Å². The molecule has 2 aromatic rings. The molecule has 0 saturated heterocycles. The monoisotopic (exact) mass is 277 g/mol. The molecule has 0 amide bonds. The summed E-state index contributed by atoms with van der Waals surface area (Å²) in [5.74, 6) is -0.241. The Kier molecular flexibility index (Phi) is 3.21. The highest BCUT2D eigenvalue weighted by molar-refractivity contribution is 7.73. The molecule has 0 unspecified atom stereocenters. The van der Waals surface area contributed by atoms with Crippen LogP contribution in [0.2, 0.25) is 0 Å². The molecule has 0 radical (unpaired) electrons. The number of hydrogen-bond donors (Lipinski definition) is 1. The molecule has 7 heteroatoms. The molecule has 0 aliphatic rings. The molecule has 1 heterocycles. The Balaban J connectivity index is 2.21. The first kappa shape index (κ1) is 12.1. The normalized spacial score (nSPS) is 11.5. The molecule has 0 fully saturated rings. The highest BCUT2D eigenvalue weighted by Crippen LogP contribution is 2.26. The maximum absolute atomic E-state index is 11.9. The third-order valence-electron chi connectivity index (χ3n) is 1.92. The van der Waals surface area contributed by atoms with Crippen LogP contribution in [-0.2, 0) is 0 Å². The minimum atomic E-state index is -4.66. The molecule has 0 spiro atoms. The predicted octanol–water partition coefficient (Wildman–Crippen LogP) is 4.37. The molecule has 1 N–H and O–H groups in total. The number of nitrogens with one attached hydrogen (secondary N) is 1. The molecular weight excluding hydrogens is 271 g/mol. The summed E-state index contributed by atoms with van der Waals surface area (Å²) < 4.78 is 40.2. The summed E-state index contributed by atoms with van der Waals surface area (Å²) in [4.78, 5) is 2.93. The summed E-state index contributed by atoms with van der Waals surface area (Å²) in [7, 11) is 0. The van der Waals surface area contributed by atoms with E-state index in [1.807, 2.05) is 5.38 Å². The van der Waals surface area contributed by atoms with Crippen LogP contribution < -0.4 is 4.74 Å². The first-order valence-corrected chi connectivity index (χ1v) is 5.77. The van der Waals surface area contributed by atoms with E-state index in [0.717, 1.165) is 11.3 Å². The highest BCUT2D eigenvalue weighted by atomic mass is 32.1. The molecule has 1 aromatic carbocycles. The zero-order chi connectivity index (χ0) is 12.5. The number of aromatic nitrogens is 1. The Labute approximate surface area is 104 Å². The van der Waals surface area contributed by atoms with Crippen molar-refractivity contribution in [2.75, 3.05) is 0 Å². The van der Waals surface area contributed by atoms with Crippen LogP contribution in [0.25, 0.3) is 11.3 Å². The average Bonchev–Trinajstić information content (AvgIpc) is 2.63. The Bertz CT molecular complexity index is 556. The predicted molar refractivity (Wildman–Crippen MR) is 61.6 cm³/mol. The van der Waals surface area contributed by atoms with Crippen molar-refractivity contribution in [2.45, 2.75) is 6.36 Å². The number of alkyl halides is 3. The van der Waals surface area contributed by atoms with Gasteiger partial charge in [-0.1, -0.05) is 0 Å². The number of thiazole rings is 1. The van der Waals surface area contributed by atoms with Gasteiger partial charge in [0.05, 0.1) is 5.69 Å². The van der Waals surface area contributed by atoms with E-state index in [0.29, 0.717) is 3.95 Å². The van der Waals surface area contributed by atoms with Crippen molar-refractivity contribution >= 4 is 23.6 Å². The third kappa shape index (κ3) is 3.31. The number of aromatic amines is 1. The summed E-state index contributed by atoms with van der Waals surface area (Å²) in [6, 6.07) is 5.59. The Morgan fingerprint density at radius 1 is 1.18 bits per heavy atom. The second kappa shape index (κ2) is 4.50. The quantitative estimate of drug-likeness (QED) is 0.824. The van der Waals surface area contributed by atoms with Gasteiger partial charge in [0.1, 0.15) is 5.75 Å². The van der Waals surface area contributed by atoms with E-state index >= 15 is 0 Å². The van der Waals surface area contributed by atoms with Gasteiger partial charge in [-0.25, -0.2) is 0 Å². The SMILES string of the molecule is FC(F)(F)Oc1ccc(-c2csc(=S)[nH]2)cc1. The molecular formula is C10H6F3NOS2. The van der Waals surface area contributed by atoms with Gasteiger partial charge in [0.2, 0.25) is 0 Å². The van der Waals surface area contributed by atoms with E-state index in [1.54, 1.807) is 0 Å². The molecule has 0 saturated carbocycles. The van der Waals surface area contributed by atoms with Crippen molar-refractivity contribution in [1.29, 1.82) is 0 Å². The van der Waals surface area contributed by atoms with Crippen molar-refractivity contribution < 1.29 is 17.9 Å². The number of rotatable bonds is 2. The molecule has 0 bridgehead atoms. The molecule has 17 heavy (non-hydrogen) atoms.